The van der Waals surface area contributed by atoms with Crippen LogP contribution < -0.4 is 10.2 Å². The number of aliphatic hydroxyl groups is 1. The van der Waals surface area contributed by atoms with Crippen molar-refractivity contribution in [1.29, 1.82) is 0 Å². The highest BCUT2D eigenvalue weighted by atomic mass is 31.2. The molecule has 0 radical (unpaired) electrons. The number of allylic oxidation sites excluding steroid dienone is 21. The summed E-state index contributed by atoms with van der Waals surface area (Å²) in [5, 5.41) is 13.9. The van der Waals surface area contributed by atoms with Gasteiger partial charge in [-0.1, -0.05) is 321 Å². The Balaban J connectivity index is 4.21. The van der Waals surface area contributed by atoms with Gasteiger partial charge in [0.05, 0.1) is 39.9 Å². The van der Waals surface area contributed by atoms with E-state index in [1.54, 1.807) is 6.08 Å². The molecule has 0 aliphatic carbocycles. The number of rotatable bonds is 64. The number of phosphoric acid groups is 1. The lowest BCUT2D eigenvalue weighted by Gasteiger charge is -2.29. The Morgan fingerprint density at radius 1 is 0.419 bits per heavy atom. The van der Waals surface area contributed by atoms with Gasteiger partial charge in [-0.15, -0.1) is 0 Å². The minimum atomic E-state index is -4.63. The summed E-state index contributed by atoms with van der Waals surface area (Å²) in [6.07, 6.45) is 100. The van der Waals surface area contributed by atoms with Gasteiger partial charge in [-0.05, 0) is 103 Å². The van der Waals surface area contributed by atoms with Crippen LogP contribution in [0.4, 0.5) is 0 Å². The van der Waals surface area contributed by atoms with Crippen LogP contribution in [0.1, 0.15) is 296 Å². The smallest absolute Gasteiger partial charge is 0.268 e. The number of nitrogens with one attached hydrogen (secondary N) is 1. The number of hydrogen-bond donors (Lipinski definition) is 2. The van der Waals surface area contributed by atoms with Crippen LogP contribution in [-0.4, -0.2) is 68.5 Å². The van der Waals surface area contributed by atoms with Crippen molar-refractivity contribution in [3.63, 3.8) is 0 Å². The molecule has 0 aliphatic heterocycles. The molecule has 0 aromatic heterocycles. The summed E-state index contributed by atoms with van der Waals surface area (Å²) in [4.78, 5) is 25.6. The average Bonchev–Trinajstić information content (AvgIpc) is 3.70. The van der Waals surface area contributed by atoms with E-state index in [4.69, 9.17) is 9.05 Å². The minimum Gasteiger partial charge on any atom is -0.756 e. The van der Waals surface area contributed by atoms with Crippen LogP contribution in [0.15, 0.2) is 134 Å². The largest absolute Gasteiger partial charge is 0.756 e. The third kappa shape index (κ3) is 68.1. The fourth-order valence-electron chi connectivity index (χ4n) is 9.87. The van der Waals surface area contributed by atoms with Crippen molar-refractivity contribution in [1.82, 2.24) is 5.32 Å². The zero-order chi connectivity index (χ0) is 62.6. The van der Waals surface area contributed by atoms with Crippen molar-refractivity contribution in [3.05, 3.63) is 134 Å². The summed E-state index contributed by atoms with van der Waals surface area (Å²) in [6, 6.07) is -0.927. The first-order valence-electron chi connectivity index (χ1n) is 35.5. The molecule has 86 heavy (non-hydrogen) atoms. The van der Waals surface area contributed by atoms with E-state index in [9.17, 15) is 19.4 Å². The fraction of sp³-hybridized carbons (Fsp3) is 0.701. The van der Waals surface area contributed by atoms with E-state index < -0.39 is 26.6 Å². The van der Waals surface area contributed by atoms with Gasteiger partial charge < -0.3 is 28.8 Å². The second kappa shape index (κ2) is 66.1. The standard InChI is InChI=1S/C77H135N2O6P/c1-6-8-10-12-14-16-18-20-22-24-26-28-30-32-34-36-38-39-41-43-45-47-49-51-53-55-57-59-61-63-65-67-69-71-77(81)78-75(74-85-86(82,83)84-73-72-79(3,4)5)76(80)70-68-66-64-62-60-58-56-54-52-50-48-46-44-42-40-37-35-33-31-29-27-25-23-21-19-17-15-13-11-9-7-2/h8,10,14,16,20,22,26,28,32,34,38-39,43,45,49,51,55,57,60,62,68,70,75-76,80H,6-7,9,11-13,15,17-19,21,23-25,27,29-31,33,35-37,40-42,44,46-48,50,52-54,56,58-59,61,63-67,69,71-74H2,1-5H3,(H-,78,81,82,83)/b10-8-,16-14-,22-20-,28-26-,34-32-,39-38-,45-43-,51-49-,57-55-,62-60+,70-68+. The zero-order valence-corrected chi connectivity index (χ0v) is 57.4. The molecular formula is C77H135N2O6P. The van der Waals surface area contributed by atoms with Gasteiger partial charge in [0.15, 0.2) is 0 Å². The zero-order valence-electron chi connectivity index (χ0n) is 56.5. The number of carbonyl (C=O) groups excluding carboxylic acids is 1. The van der Waals surface area contributed by atoms with Gasteiger partial charge in [0.1, 0.15) is 13.2 Å². The molecule has 0 heterocycles. The SMILES string of the molecule is CC/C=C\C/C=C\C/C=C\C/C=C\C/C=C\C/C=C\C/C=C\C/C=C\C/C=C\CCCCCCCC(=O)NC(COP(=O)([O-])OCC[N+](C)(C)C)C(O)/C=C/CC/C=C/CCCCCCCCCCCCCCCCCCCCCCCCCCC. The minimum absolute atomic E-state index is 0.0175. The lowest BCUT2D eigenvalue weighted by molar-refractivity contribution is -0.870. The first kappa shape index (κ1) is 82.6. The number of carbonyl (C=O) groups is 1. The van der Waals surface area contributed by atoms with Gasteiger partial charge in [0.2, 0.25) is 5.91 Å². The number of phosphoric ester groups is 1. The monoisotopic (exact) mass is 1220 g/mol. The molecule has 8 nitrogen and oxygen atoms in total. The summed E-state index contributed by atoms with van der Waals surface area (Å²) in [7, 11) is 1.22. The van der Waals surface area contributed by atoms with Crippen LogP contribution in [0, 0.1) is 0 Å². The molecule has 0 rings (SSSR count). The molecule has 3 atom stereocenters. The molecule has 0 saturated heterocycles. The molecule has 0 aliphatic rings. The van der Waals surface area contributed by atoms with Crippen LogP contribution in [0.3, 0.4) is 0 Å². The number of hydrogen-bond acceptors (Lipinski definition) is 6. The van der Waals surface area contributed by atoms with Gasteiger partial charge in [0, 0.05) is 6.42 Å². The van der Waals surface area contributed by atoms with Gasteiger partial charge in [-0.3, -0.25) is 9.36 Å². The highest BCUT2D eigenvalue weighted by molar-refractivity contribution is 7.45. The maximum Gasteiger partial charge on any atom is 0.268 e. The Hall–Kier alpha value is -3.36. The van der Waals surface area contributed by atoms with E-state index in [2.05, 4.69) is 141 Å². The average molecular weight is 1220 g/mol. The van der Waals surface area contributed by atoms with Crippen LogP contribution >= 0.6 is 7.82 Å². The molecule has 0 spiro atoms. The Kier molecular flexibility index (Phi) is 63.5. The Labute approximate surface area is 532 Å². The number of aliphatic hydroxyl groups excluding tert-OH is 1. The lowest BCUT2D eigenvalue weighted by atomic mass is 10.0. The molecular weight excluding hydrogens is 1080 g/mol. The van der Waals surface area contributed by atoms with Crippen molar-refractivity contribution in [3.8, 4) is 0 Å². The number of likely N-dealkylation sites (N-methyl/N-ethyl adjacent to an activating group) is 1. The number of nitrogens with zero attached hydrogens (tertiary/aromatic N) is 1. The summed E-state index contributed by atoms with van der Waals surface area (Å²) in [6.45, 7) is 4.51. The molecule has 0 bridgehead atoms. The summed E-state index contributed by atoms with van der Waals surface area (Å²) >= 11 is 0. The highest BCUT2D eigenvalue weighted by Crippen LogP contribution is 2.38. The Morgan fingerprint density at radius 2 is 0.721 bits per heavy atom. The quantitative estimate of drug-likeness (QED) is 0.0272. The van der Waals surface area contributed by atoms with Crippen molar-refractivity contribution in [2.75, 3.05) is 40.9 Å². The summed E-state index contributed by atoms with van der Waals surface area (Å²) in [5.41, 5.74) is 0. The van der Waals surface area contributed by atoms with E-state index in [0.717, 1.165) is 116 Å². The first-order valence-corrected chi connectivity index (χ1v) is 37.0. The molecule has 0 fully saturated rings. The van der Waals surface area contributed by atoms with E-state index >= 15 is 0 Å². The predicted molar refractivity (Wildman–Crippen MR) is 375 cm³/mol. The van der Waals surface area contributed by atoms with Crippen LogP contribution in [0.25, 0.3) is 0 Å². The third-order valence-electron chi connectivity index (χ3n) is 15.3. The molecule has 2 N–H and O–H groups in total. The molecule has 3 unspecified atom stereocenters. The lowest BCUT2D eigenvalue weighted by Crippen LogP contribution is -2.45. The van der Waals surface area contributed by atoms with Gasteiger partial charge in [0.25, 0.3) is 7.82 Å². The number of unbranched alkanes of at least 4 members (excludes halogenated alkanes) is 31. The fourth-order valence-corrected chi connectivity index (χ4v) is 10.6. The van der Waals surface area contributed by atoms with Crippen molar-refractivity contribution in [2.24, 2.45) is 0 Å². The highest BCUT2D eigenvalue weighted by Gasteiger charge is 2.23. The molecule has 0 aromatic carbocycles. The van der Waals surface area contributed by atoms with Crippen molar-refractivity contribution >= 4 is 13.7 Å². The van der Waals surface area contributed by atoms with Crippen molar-refractivity contribution in [2.45, 2.75) is 309 Å². The van der Waals surface area contributed by atoms with Crippen LogP contribution in [0.5, 0.6) is 0 Å². The van der Waals surface area contributed by atoms with Crippen LogP contribution in [-0.2, 0) is 18.4 Å². The first-order chi connectivity index (χ1) is 42.0. The Bertz CT molecular complexity index is 1870. The van der Waals surface area contributed by atoms with Crippen molar-refractivity contribution < 1.29 is 32.9 Å². The van der Waals surface area contributed by atoms with E-state index in [1.165, 1.54) is 161 Å². The van der Waals surface area contributed by atoms with Gasteiger partial charge in [-0.2, -0.15) is 0 Å². The third-order valence-corrected chi connectivity index (χ3v) is 16.3. The van der Waals surface area contributed by atoms with E-state index in [1.807, 2.05) is 27.2 Å². The Morgan fingerprint density at radius 3 is 1.08 bits per heavy atom. The summed E-state index contributed by atoms with van der Waals surface area (Å²) < 4.78 is 23.4. The molecule has 494 valence electrons. The van der Waals surface area contributed by atoms with E-state index in [-0.39, 0.29) is 12.5 Å². The second-order valence-electron chi connectivity index (χ2n) is 24.8. The molecule has 0 saturated carbocycles. The van der Waals surface area contributed by atoms with Crippen LogP contribution in [0.2, 0.25) is 0 Å². The normalized spacial score (nSPS) is 14.5. The topological polar surface area (TPSA) is 108 Å². The predicted octanol–water partition coefficient (Wildman–Crippen LogP) is 22.4. The van der Waals surface area contributed by atoms with E-state index in [0.29, 0.717) is 17.4 Å². The van der Waals surface area contributed by atoms with Gasteiger partial charge >= 0.3 is 0 Å². The van der Waals surface area contributed by atoms with Gasteiger partial charge in [-0.25, -0.2) is 0 Å². The second-order valence-corrected chi connectivity index (χ2v) is 26.3. The molecule has 9 heteroatoms. The molecule has 0 aromatic rings. The number of quaternary nitrogens is 1. The summed E-state index contributed by atoms with van der Waals surface area (Å²) in [5.74, 6) is -0.229. The molecule has 1 amide bonds. The number of amides is 1. The maximum absolute atomic E-state index is 13.0. The maximum atomic E-state index is 13.0.